The van der Waals surface area contributed by atoms with Crippen molar-refractivity contribution in [2.45, 2.75) is 12.8 Å². The lowest BCUT2D eigenvalue weighted by Crippen LogP contribution is -2.41. The first kappa shape index (κ1) is 16.5. The molecule has 1 aliphatic heterocycles. The second kappa shape index (κ2) is 7.45. The molecule has 8 heteroatoms. The third-order valence-electron chi connectivity index (χ3n) is 4.01. The van der Waals surface area contributed by atoms with E-state index in [0.29, 0.717) is 55.8 Å². The number of amides is 1. The predicted molar refractivity (Wildman–Crippen MR) is 90.7 cm³/mol. The summed E-state index contributed by atoms with van der Waals surface area (Å²) in [5, 5.41) is 12.2. The number of carbonyl (C=O) groups is 1. The molecule has 1 fully saturated rings. The lowest BCUT2D eigenvalue weighted by Gasteiger charge is -2.30. The fraction of sp³-hybridized carbons (Fsp3) is 0.438. The smallest absolute Gasteiger partial charge is 0.266 e. The van der Waals surface area contributed by atoms with E-state index in [1.165, 1.54) is 6.26 Å². The highest BCUT2D eigenvalue weighted by Crippen LogP contribution is 2.31. The second-order valence-electron chi connectivity index (χ2n) is 5.54. The van der Waals surface area contributed by atoms with Gasteiger partial charge in [-0.1, -0.05) is 0 Å². The normalized spacial score (nSPS) is 15.2. The van der Waals surface area contributed by atoms with E-state index in [4.69, 9.17) is 8.83 Å². The van der Waals surface area contributed by atoms with Gasteiger partial charge in [-0.15, -0.1) is 0 Å². The van der Waals surface area contributed by atoms with Gasteiger partial charge in [0.1, 0.15) is 6.07 Å². The second-order valence-corrected chi connectivity index (χ2v) is 5.99. The number of carbonyl (C=O) groups excluding carboxylic acids is 1. The van der Waals surface area contributed by atoms with Gasteiger partial charge in [-0.2, -0.15) is 22.9 Å². The molecule has 0 aromatic carbocycles. The Morgan fingerprint density at radius 2 is 2.29 bits per heavy atom. The summed E-state index contributed by atoms with van der Waals surface area (Å²) in [6, 6.07) is 5.53. The minimum absolute atomic E-state index is 0.0147. The molecular formula is C16H18N4O3S. The first-order chi connectivity index (χ1) is 11.7. The van der Waals surface area contributed by atoms with Gasteiger partial charge in [-0.05, 0) is 25.0 Å². The van der Waals surface area contributed by atoms with E-state index in [0.717, 1.165) is 0 Å². The summed E-state index contributed by atoms with van der Waals surface area (Å²) in [5.41, 5.74) is 0.236. The standard InChI is InChI=1S/C16H18N4O3S/c17-10-12-16(23-15(19-12)13-2-1-8-22-13)20-6-3-11(4-7-20)14(21)18-5-9-24/h1-2,8,11,24H,3-7,9H2,(H,18,21). The van der Waals surface area contributed by atoms with E-state index >= 15 is 0 Å². The molecule has 0 spiro atoms. The summed E-state index contributed by atoms with van der Waals surface area (Å²) >= 11 is 4.09. The number of thiol groups is 1. The maximum atomic E-state index is 12.0. The zero-order chi connectivity index (χ0) is 16.9. The lowest BCUT2D eigenvalue weighted by molar-refractivity contribution is -0.125. The molecule has 0 saturated carbocycles. The van der Waals surface area contributed by atoms with Crippen LogP contribution in [0.4, 0.5) is 5.88 Å². The van der Waals surface area contributed by atoms with E-state index in [-0.39, 0.29) is 17.5 Å². The molecule has 7 nitrogen and oxygen atoms in total. The minimum Gasteiger partial charge on any atom is -0.459 e. The summed E-state index contributed by atoms with van der Waals surface area (Å²) in [7, 11) is 0. The third kappa shape index (κ3) is 3.41. The van der Waals surface area contributed by atoms with Crippen LogP contribution in [0.5, 0.6) is 0 Å². The Bertz CT molecular complexity index is 727. The van der Waals surface area contributed by atoms with Gasteiger partial charge in [0.2, 0.25) is 17.5 Å². The molecule has 126 valence electrons. The molecule has 0 bridgehead atoms. The number of anilines is 1. The molecule has 1 N–H and O–H groups in total. The summed E-state index contributed by atoms with van der Waals surface area (Å²) in [6.45, 7) is 1.86. The molecule has 0 aliphatic carbocycles. The van der Waals surface area contributed by atoms with Gasteiger partial charge in [0, 0.05) is 31.3 Å². The van der Waals surface area contributed by atoms with Crippen LogP contribution >= 0.6 is 12.6 Å². The summed E-state index contributed by atoms with van der Waals surface area (Å²) < 4.78 is 11.0. The Morgan fingerprint density at radius 1 is 1.50 bits per heavy atom. The Kier molecular flexibility index (Phi) is 5.11. The van der Waals surface area contributed by atoms with Crippen LogP contribution in [0.1, 0.15) is 18.5 Å². The van der Waals surface area contributed by atoms with Crippen LogP contribution in [-0.4, -0.2) is 36.3 Å². The number of nitrogens with zero attached hydrogens (tertiary/aromatic N) is 3. The summed E-state index contributed by atoms with van der Waals surface area (Å²) in [6.07, 6.45) is 2.94. The van der Waals surface area contributed by atoms with Gasteiger partial charge in [-0.3, -0.25) is 4.79 Å². The zero-order valence-electron chi connectivity index (χ0n) is 13.1. The highest BCUT2D eigenvalue weighted by molar-refractivity contribution is 7.80. The number of hydrogen-bond acceptors (Lipinski definition) is 7. The topological polar surface area (TPSA) is 95.3 Å². The Balaban J connectivity index is 1.68. The zero-order valence-corrected chi connectivity index (χ0v) is 14.0. The number of nitriles is 1. The average molecular weight is 346 g/mol. The summed E-state index contributed by atoms with van der Waals surface area (Å²) in [5.74, 6) is 1.90. The van der Waals surface area contributed by atoms with Crippen molar-refractivity contribution in [3.63, 3.8) is 0 Å². The van der Waals surface area contributed by atoms with Crippen LogP contribution in [0, 0.1) is 17.2 Å². The van der Waals surface area contributed by atoms with Gasteiger partial charge < -0.3 is 19.1 Å². The summed E-state index contributed by atoms with van der Waals surface area (Å²) in [4.78, 5) is 18.2. The Labute approximate surface area is 145 Å². The lowest BCUT2D eigenvalue weighted by atomic mass is 9.96. The van der Waals surface area contributed by atoms with Crippen molar-refractivity contribution in [3.05, 3.63) is 24.1 Å². The molecule has 2 aromatic rings. The predicted octanol–water partition coefficient (Wildman–Crippen LogP) is 2.07. The highest BCUT2D eigenvalue weighted by Gasteiger charge is 2.29. The number of rotatable bonds is 5. The van der Waals surface area contributed by atoms with Crippen molar-refractivity contribution < 1.29 is 13.6 Å². The van der Waals surface area contributed by atoms with Crippen LogP contribution in [0.3, 0.4) is 0 Å². The van der Waals surface area contributed by atoms with E-state index in [1.807, 2.05) is 4.90 Å². The fourth-order valence-electron chi connectivity index (χ4n) is 2.77. The van der Waals surface area contributed by atoms with E-state index in [1.54, 1.807) is 12.1 Å². The molecule has 0 atom stereocenters. The van der Waals surface area contributed by atoms with Crippen molar-refractivity contribution in [1.82, 2.24) is 10.3 Å². The van der Waals surface area contributed by atoms with Crippen LogP contribution in [0.2, 0.25) is 0 Å². The van der Waals surface area contributed by atoms with E-state index in [2.05, 4.69) is 29.0 Å². The third-order valence-corrected chi connectivity index (χ3v) is 4.23. The molecule has 3 heterocycles. The Morgan fingerprint density at radius 3 is 2.92 bits per heavy atom. The average Bonchev–Trinajstić information content (AvgIpc) is 3.28. The molecule has 1 amide bonds. The minimum atomic E-state index is -0.0147. The molecular weight excluding hydrogens is 328 g/mol. The molecule has 3 rings (SSSR count). The largest absolute Gasteiger partial charge is 0.459 e. The van der Waals surface area contributed by atoms with Crippen molar-refractivity contribution in [2.24, 2.45) is 5.92 Å². The van der Waals surface area contributed by atoms with Gasteiger partial charge in [0.05, 0.1) is 6.26 Å². The number of oxazole rings is 1. The molecule has 0 unspecified atom stereocenters. The molecule has 0 radical (unpaired) electrons. The molecule has 24 heavy (non-hydrogen) atoms. The number of nitrogens with one attached hydrogen (secondary N) is 1. The monoisotopic (exact) mass is 346 g/mol. The molecule has 1 aliphatic rings. The maximum Gasteiger partial charge on any atom is 0.266 e. The number of aromatic nitrogens is 1. The first-order valence-electron chi connectivity index (χ1n) is 7.81. The number of furan rings is 1. The van der Waals surface area contributed by atoms with Crippen LogP contribution in [0.15, 0.2) is 27.2 Å². The van der Waals surface area contributed by atoms with E-state index < -0.39 is 0 Å². The van der Waals surface area contributed by atoms with Gasteiger partial charge in [-0.25, -0.2) is 0 Å². The Hall–Kier alpha value is -2.40. The van der Waals surface area contributed by atoms with E-state index in [9.17, 15) is 10.1 Å². The van der Waals surface area contributed by atoms with Crippen molar-refractivity contribution in [3.8, 4) is 17.7 Å². The van der Waals surface area contributed by atoms with Crippen molar-refractivity contribution in [1.29, 1.82) is 5.26 Å². The quantitative estimate of drug-likeness (QED) is 0.805. The van der Waals surface area contributed by atoms with Gasteiger partial charge in [0.15, 0.2) is 5.76 Å². The van der Waals surface area contributed by atoms with Gasteiger partial charge >= 0.3 is 0 Å². The highest BCUT2D eigenvalue weighted by atomic mass is 32.1. The van der Waals surface area contributed by atoms with Crippen molar-refractivity contribution in [2.75, 3.05) is 30.3 Å². The van der Waals surface area contributed by atoms with Crippen LogP contribution < -0.4 is 10.2 Å². The first-order valence-corrected chi connectivity index (χ1v) is 8.44. The number of hydrogen-bond donors (Lipinski definition) is 2. The van der Waals surface area contributed by atoms with Crippen LogP contribution in [-0.2, 0) is 4.79 Å². The molecule has 2 aromatic heterocycles. The SMILES string of the molecule is N#Cc1nc(-c2ccco2)oc1N1CCC(C(=O)NCCS)CC1. The molecule has 1 saturated heterocycles. The fourth-order valence-corrected chi connectivity index (χ4v) is 2.88. The maximum absolute atomic E-state index is 12.0. The van der Waals surface area contributed by atoms with Gasteiger partial charge in [0.25, 0.3) is 5.89 Å². The number of piperidine rings is 1. The van der Waals surface area contributed by atoms with Crippen LogP contribution in [0.25, 0.3) is 11.7 Å². The van der Waals surface area contributed by atoms with Crippen molar-refractivity contribution >= 4 is 24.4 Å².